The Hall–Kier alpha value is -2.52. The Morgan fingerprint density at radius 1 is 1.06 bits per heavy atom. The monoisotopic (exact) mass is 490 g/mol. The number of ketones is 1. The fourth-order valence-electron chi connectivity index (χ4n) is 7.43. The van der Waals surface area contributed by atoms with Gasteiger partial charge in [-0.05, 0) is 18.1 Å². The Morgan fingerprint density at radius 3 is 2.23 bits per heavy atom. The largest absolute Gasteiger partial charge is 0.461 e. The smallest absolute Gasteiger partial charge is 0.303 e. The van der Waals surface area contributed by atoms with E-state index in [1.54, 1.807) is 26.0 Å². The average Bonchev–Trinajstić information content (AvgIpc) is 3.15. The van der Waals surface area contributed by atoms with E-state index in [0.29, 0.717) is 11.1 Å². The number of ether oxygens (including phenoxy) is 3. The maximum absolute atomic E-state index is 13.2. The molecule has 0 amide bonds. The van der Waals surface area contributed by atoms with E-state index in [2.05, 4.69) is 0 Å². The quantitative estimate of drug-likeness (QED) is 0.342. The molecule has 9 nitrogen and oxygen atoms in total. The molecule has 8 atom stereocenters. The SMILES string of the molecule is CC(=O)OCC1=C[C@H]2C3C(C)(C)[C@]3(OC(C)=O)[C@H](OC(C)=O)[C@@H](C)[C@]2(O)[C@@H]2C=C(C)C(=O)[C@@]2(O)C1. The summed E-state index contributed by atoms with van der Waals surface area (Å²) in [6.45, 7) is 10.7. The molecule has 0 heterocycles. The van der Waals surface area contributed by atoms with Gasteiger partial charge in [-0.2, -0.15) is 0 Å². The summed E-state index contributed by atoms with van der Waals surface area (Å²) in [4.78, 5) is 49.1. The number of carbonyl (C=O) groups excluding carboxylic acids is 4. The van der Waals surface area contributed by atoms with Gasteiger partial charge in [-0.3, -0.25) is 19.2 Å². The van der Waals surface area contributed by atoms with Gasteiger partial charge in [0, 0.05) is 56.3 Å². The fraction of sp³-hybridized carbons (Fsp3) is 0.692. The van der Waals surface area contributed by atoms with Crippen LogP contribution in [0, 0.1) is 29.1 Å². The zero-order valence-electron chi connectivity index (χ0n) is 21.2. The minimum atomic E-state index is -1.96. The number of rotatable bonds is 4. The third-order valence-corrected chi connectivity index (χ3v) is 8.82. The standard InChI is InChI=1S/C26H34O9/c1-12-8-19-24(31,21(12)30)10-17(11-33-14(3)27)9-18-20-23(6,7)26(20,35-16(5)29)22(34-15(4)28)13(2)25(18,19)32/h8-9,13,18-20,22,31-32H,10-11H2,1-7H3/t13-,18+,19-,20?,22-,24-,25-,26-/m1/s1. The van der Waals surface area contributed by atoms with Crippen LogP contribution in [-0.4, -0.2) is 63.4 Å². The van der Waals surface area contributed by atoms with E-state index in [1.807, 2.05) is 13.8 Å². The molecule has 0 aromatic carbocycles. The van der Waals surface area contributed by atoms with Crippen molar-refractivity contribution in [2.24, 2.45) is 29.1 Å². The Balaban J connectivity index is 1.95. The molecule has 4 aliphatic rings. The predicted molar refractivity (Wildman–Crippen MR) is 121 cm³/mol. The molecule has 0 aromatic heterocycles. The molecule has 2 N–H and O–H groups in total. The van der Waals surface area contributed by atoms with Crippen LogP contribution in [0.2, 0.25) is 0 Å². The molecule has 4 rings (SSSR count). The molecule has 0 saturated heterocycles. The summed E-state index contributed by atoms with van der Waals surface area (Å²) in [6.07, 6.45) is 2.21. The molecule has 192 valence electrons. The predicted octanol–water partition coefficient (Wildman–Crippen LogP) is 1.64. The van der Waals surface area contributed by atoms with Crippen molar-refractivity contribution in [1.29, 1.82) is 0 Å². The van der Waals surface area contributed by atoms with Gasteiger partial charge in [0.25, 0.3) is 0 Å². The molecule has 0 radical (unpaired) electrons. The van der Waals surface area contributed by atoms with Crippen LogP contribution in [0.4, 0.5) is 0 Å². The highest BCUT2D eigenvalue weighted by molar-refractivity contribution is 6.04. The Bertz CT molecular complexity index is 1070. The van der Waals surface area contributed by atoms with Crippen molar-refractivity contribution in [3.8, 4) is 0 Å². The number of fused-ring (bicyclic) bond motifs is 5. The maximum Gasteiger partial charge on any atom is 0.303 e. The van der Waals surface area contributed by atoms with Crippen LogP contribution in [0.25, 0.3) is 0 Å². The first-order chi connectivity index (χ1) is 16.0. The molecule has 35 heavy (non-hydrogen) atoms. The lowest BCUT2D eigenvalue weighted by atomic mass is 9.59. The molecule has 2 fully saturated rings. The summed E-state index contributed by atoms with van der Waals surface area (Å²) >= 11 is 0. The first-order valence-corrected chi connectivity index (χ1v) is 11.9. The molecular weight excluding hydrogens is 456 g/mol. The van der Waals surface area contributed by atoms with E-state index in [1.165, 1.54) is 20.8 Å². The Labute approximate surface area is 204 Å². The highest BCUT2D eigenvalue weighted by Gasteiger charge is 2.87. The van der Waals surface area contributed by atoms with Gasteiger partial charge in [0.15, 0.2) is 11.4 Å². The third-order valence-electron chi connectivity index (χ3n) is 8.82. The summed E-state index contributed by atoms with van der Waals surface area (Å²) in [5.74, 6) is -5.20. The van der Waals surface area contributed by atoms with Gasteiger partial charge in [-0.15, -0.1) is 0 Å². The van der Waals surface area contributed by atoms with Gasteiger partial charge in [0.1, 0.15) is 18.3 Å². The third kappa shape index (κ3) is 3.27. The molecule has 0 aromatic rings. The van der Waals surface area contributed by atoms with Crippen LogP contribution in [0.1, 0.15) is 54.9 Å². The fourth-order valence-corrected chi connectivity index (χ4v) is 7.43. The lowest BCUT2D eigenvalue weighted by molar-refractivity contribution is -0.227. The van der Waals surface area contributed by atoms with Crippen LogP contribution in [0.5, 0.6) is 0 Å². The minimum Gasteiger partial charge on any atom is -0.461 e. The first-order valence-electron chi connectivity index (χ1n) is 11.9. The molecule has 9 heteroatoms. The number of esters is 3. The van der Waals surface area contributed by atoms with E-state index in [0.717, 1.165) is 0 Å². The topological polar surface area (TPSA) is 136 Å². The molecule has 0 bridgehead atoms. The zero-order valence-corrected chi connectivity index (χ0v) is 21.2. The highest BCUT2D eigenvalue weighted by atomic mass is 16.6. The summed E-state index contributed by atoms with van der Waals surface area (Å²) in [5.41, 5.74) is -4.82. The number of aliphatic hydroxyl groups is 2. The number of Topliss-reactive ketones (excluding diaryl/α,β-unsaturated/α-hetero) is 1. The van der Waals surface area contributed by atoms with E-state index < -0.39 is 75.7 Å². The minimum absolute atomic E-state index is 0.130. The van der Waals surface area contributed by atoms with E-state index in [-0.39, 0.29) is 13.0 Å². The Morgan fingerprint density at radius 2 is 1.69 bits per heavy atom. The Kier molecular flexibility index (Phi) is 5.65. The molecule has 1 unspecified atom stereocenters. The van der Waals surface area contributed by atoms with Gasteiger partial charge in [-0.1, -0.05) is 32.9 Å². The maximum atomic E-state index is 13.2. The van der Waals surface area contributed by atoms with Crippen molar-refractivity contribution >= 4 is 23.7 Å². The normalized spacial score (nSPS) is 42.9. The summed E-state index contributed by atoms with van der Waals surface area (Å²) in [5, 5.41) is 24.3. The van der Waals surface area contributed by atoms with E-state index in [4.69, 9.17) is 14.2 Å². The summed E-state index contributed by atoms with van der Waals surface area (Å²) in [7, 11) is 0. The van der Waals surface area contributed by atoms with Crippen LogP contribution >= 0.6 is 0 Å². The number of carbonyl (C=O) groups is 4. The molecule has 0 spiro atoms. The number of hydrogen-bond donors (Lipinski definition) is 2. The second-order valence-electron chi connectivity index (χ2n) is 11.2. The van der Waals surface area contributed by atoms with Gasteiger partial charge >= 0.3 is 17.9 Å². The van der Waals surface area contributed by atoms with Crippen molar-refractivity contribution in [2.45, 2.75) is 77.8 Å². The zero-order chi connectivity index (χ0) is 26.3. The van der Waals surface area contributed by atoms with E-state index in [9.17, 15) is 29.4 Å². The van der Waals surface area contributed by atoms with Gasteiger partial charge in [0.2, 0.25) is 0 Å². The van der Waals surface area contributed by atoms with Crippen LogP contribution in [-0.2, 0) is 33.4 Å². The highest BCUT2D eigenvalue weighted by Crippen LogP contribution is 2.77. The van der Waals surface area contributed by atoms with Crippen molar-refractivity contribution in [2.75, 3.05) is 6.61 Å². The average molecular weight is 491 g/mol. The lowest BCUT2D eigenvalue weighted by Gasteiger charge is -2.53. The van der Waals surface area contributed by atoms with E-state index >= 15 is 0 Å². The summed E-state index contributed by atoms with van der Waals surface area (Å²) in [6, 6.07) is 0. The van der Waals surface area contributed by atoms with Gasteiger partial charge in [-0.25, -0.2) is 0 Å². The molecule has 2 saturated carbocycles. The molecule has 4 aliphatic carbocycles. The second-order valence-corrected chi connectivity index (χ2v) is 11.2. The lowest BCUT2D eigenvalue weighted by Crippen LogP contribution is -2.66. The molecule has 0 aliphatic heterocycles. The van der Waals surface area contributed by atoms with Crippen LogP contribution in [0.15, 0.2) is 23.3 Å². The van der Waals surface area contributed by atoms with Gasteiger partial charge in [0.05, 0.1) is 5.60 Å². The van der Waals surface area contributed by atoms with Crippen molar-refractivity contribution < 1.29 is 43.6 Å². The number of hydrogen-bond acceptors (Lipinski definition) is 9. The first kappa shape index (κ1) is 25.6. The van der Waals surface area contributed by atoms with Crippen molar-refractivity contribution in [3.05, 3.63) is 23.3 Å². The van der Waals surface area contributed by atoms with Crippen molar-refractivity contribution in [1.82, 2.24) is 0 Å². The van der Waals surface area contributed by atoms with Crippen molar-refractivity contribution in [3.63, 3.8) is 0 Å². The molecular formula is C26H34O9. The van der Waals surface area contributed by atoms with Gasteiger partial charge < -0.3 is 24.4 Å². The second kappa shape index (κ2) is 7.74. The summed E-state index contributed by atoms with van der Waals surface area (Å²) < 4.78 is 16.9. The van der Waals surface area contributed by atoms with Crippen LogP contribution in [0.3, 0.4) is 0 Å². The van der Waals surface area contributed by atoms with Crippen LogP contribution < -0.4 is 0 Å².